The average Bonchev–Trinajstić information content (AvgIpc) is 2.97. The molecule has 0 spiro atoms. The van der Waals surface area contributed by atoms with Crippen LogP contribution in [-0.4, -0.2) is 21.2 Å². The van der Waals surface area contributed by atoms with Gasteiger partial charge in [0, 0.05) is 5.56 Å². The summed E-state index contributed by atoms with van der Waals surface area (Å²) >= 11 is 0. The van der Waals surface area contributed by atoms with Gasteiger partial charge in [-0.15, -0.1) is 0 Å². The zero-order valence-electron chi connectivity index (χ0n) is 12.1. The molecule has 3 rings (SSSR count). The normalized spacial score (nSPS) is 11.4. The molecule has 0 unspecified atom stereocenters. The van der Waals surface area contributed by atoms with E-state index in [2.05, 4.69) is 4.98 Å². The van der Waals surface area contributed by atoms with Crippen molar-refractivity contribution in [2.75, 3.05) is 0 Å². The fraction of sp³-hybridized carbons (Fsp3) is 0.0625. The van der Waals surface area contributed by atoms with Crippen LogP contribution in [0.25, 0.3) is 22.2 Å². The lowest BCUT2D eigenvalue weighted by molar-refractivity contribution is -0.156. The fourth-order valence-corrected chi connectivity index (χ4v) is 2.31. The zero-order valence-corrected chi connectivity index (χ0v) is 12.1. The summed E-state index contributed by atoms with van der Waals surface area (Å²) in [7, 11) is 0. The van der Waals surface area contributed by atoms with Crippen LogP contribution in [0.3, 0.4) is 0 Å². The highest BCUT2D eigenvalue weighted by Crippen LogP contribution is 2.37. The molecule has 0 aliphatic carbocycles. The Hall–Kier alpha value is -3.54. The molecule has 9 heteroatoms. The van der Waals surface area contributed by atoms with Crippen molar-refractivity contribution in [2.45, 2.75) is 6.18 Å². The van der Waals surface area contributed by atoms with E-state index in [0.29, 0.717) is 0 Å². The van der Waals surface area contributed by atoms with Crippen molar-refractivity contribution >= 4 is 17.1 Å². The molecule has 0 aliphatic rings. The molecule has 0 saturated heterocycles. The van der Waals surface area contributed by atoms with Crippen LogP contribution in [0.1, 0.15) is 21.8 Å². The summed E-state index contributed by atoms with van der Waals surface area (Å²) in [6.07, 6.45) is -4.81. The molecule has 2 aromatic carbocycles. The van der Waals surface area contributed by atoms with Gasteiger partial charge in [-0.3, -0.25) is 0 Å². The van der Waals surface area contributed by atoms with Crippen LogP contribution in [0.5, 0.6) is 5.75 Å². The molecule has 1 aromatic heterocycles. The number of hydrogen-bond donors (Lipinski definition) is 2. The number of fused-ring (bicyclic) bond motifs is 1. The maximum Gasteiger partial charge on any atom is 0.468 e. The van der Waals surface area contributed by atoms with Gasteiger partial charge >= 0.3 is 18.0 Å². The predicted octanol–water partition coefficient (Wildman–Crippen LogP) is 3.79. The summed E-state index contributed by atoms with van der Waals surface area (Å²) < 4.78 is 43.3. The van der Waals surface area contributed by atoms with Gasteiger partial charge in [-0.05, 0) is 29.8 Å². The van der Waals surface area contributed by atoms with Crippen molar-refractivity contribution in [1.29, 1.82) is 5.26 Å². The van der Waals surface area contributed by atoms with E-state index < -0.39 is 23.8 Å². The Kier molecular flexibility index (Phi) is 3.60. The van der Waals surface area contributed by atoms with Gasteiger partial charge in [-0.2, -0.15) is 18.4 Å². The number of carbonyl (C=O) groups is 1. The lowest BCUT2D eigenvalue weighted by Crippen LogP contribution is -2.04. The van der Waals surface area contributed by atoms with Gasteiger partial charge < -0.3 is 14.6 Å². The predicted molar refractivity (Wildman–Crippen MR) is 77.8 cm³/mol. The Bertz CT molecular complexity index is 1050. The number of phenols is 1. The van der Waals surface area contributed by atoms with Crippen molar-refractivity contribution < 1.29 is 32.6 Å². The van der Waals surface area contributed by atoms with E-state index in [1.54, 1.807) is 6.07 Å². The fourth-order valence-electron chi connectivity index (χ4n) is 2.31. The van der Waals surface area contributed by atoms with Crippen LogP contribution in [0.4, 0.5) is 13.2 Å². The van der Waals surface area contributed by atoms with Gasteiger partial charge in [0.2, 0.25) is 0 Å². The largest absolute Gasteiger partial charge is 0.507 e. The van der Waals surface area contributed by atoms with Gasteiger partial charge in [0.05, 0.1) is 11.6 Å². The summed E-state index contributed by atoms with van der Waals surface area (Å²) in [6.45, 7) is 0. The summed E-state index contributed by atoms with van der Waals surface area (Å²) in [6, 6.07) is 7.66. The number of oxazole rings is 1. The van der Waals surface area contributed by atoms with Crippen LogP contribution in [0, 0.1) is 11.3 Å². The standard InChI is InChI=1S/C16H7F3N2O4/c17-16(18,19)15-21-11-4-7(6-20)3-10(13(11)25-15)8-1-2-9(14(23)24)12(22)5-8/h1-5,22H,(H,23,24). The highest BCUT2D eigenvalue weighted by molar-refractivity contribution is 5.95. The van der Waals surface area contributed by atoms with Crippen molar-refractivity contribution in [3.05, 3.63) is 47.3 Å². The first-order chi connectivity index (χ1) is 11.7. The number of hydrogen-bond acceptors (Lipinski definition) is 5. The minimum absolute atomic E-state index is 0.0336. The van der Waals surface area contributed by atoms with Crippen molar-refractivity contribution in [1.82, 2.24) is 4.98 Å². The van der Waals surface area contributed by atoms with Crippen LogP contribution >= 0.6 is 0 Å². The Labute approximate surface area is 137 Å². The molecule has 3 aromatic rings. The Morgan fingerprint density at radius 2 is 1.96 bits per heavy atom. The number of aromatic nitrogens is 1. The molecule has 126 valence electrons. The average molecular weight is 348 g/mol. The monoisotopic (exact) mass is 348 g/mol. The van der Waals surface area contributed by atoms with Crippen molar-refractivity contribution in [2.24, 2.45) is 0 Å². The lowest BCUT2D eigenvalue weighted by Gasteiger charge is -2.06. The quantitative estimate of drug-likeness (QED) is 0.729. The molecule has 6 nitrogen and oxygen atoms in total. The van der Waals surface area contributed by atoms with Gasteiger partial charge in [0.15, 0.2) is 5.58 Å². The molecule has 0 aliphatic heterocycles. The minimum Gasteiger partial charge on any atom is -0.507 e. The maximum absolute atomic E-state index is 12.8. The van der Waals surface area contributed by atoms with E-state index in [1.165, 1.54) is 12.1 Å². The van der Waals surface area contributed by atoms with Gasteiger partial charge in [0.25, 0.3) is 0 Å². The number of nitriles is 1. The van der Waals surface area contributed by atoms with Crippen molar-refractivity contribution in [3.63, 3.8) is 0 Å². The van der Waals surface area contributed by atoms with E-state index in [0.717, 1.165) is 18.2 Å². The third-order valence-corrected chi connectivity index (χ3v) is 3.40. The van der Waals surface area contributed by atoms with Crippen LogP contribution < -0.4 is 0 Å². The van der Waals surface area contributed by atoms with E-state index in [-0.39, 0.29) is 33.4 Å². The molecular formula is C16H7F3N2O4. The number of nitrogens with zero attached hydrogens (tertiary/aromatic N) is 2. The zero-order chi connectivity index (χ0) is 18.4. The molecule has 25 heavy (non-hydrogen) atoms. The number of halogens is 3. The highest BCUT2D eigenvalue weighted by Gasteiger charge is 2.38. The molecule has 0 fully saturated rings. The second-order valence-corrected chi connectivity index (χ2v) is 5.04. The van der Waals surface area contributed by atoms with Gasteiger partial charge in [-0.25, -0.2) is 9.78 Å². The summed E-state index contributed by atoms with van der Waals surface area (Å²) in [5.41, 5.74) is -0.493. The number of alkyl halides is 3. The van der Waals surface area contributed by atoms with E-state index in [9.17, 15) is 23.1 Å². The number of benzene rings is 2. The molecule has 1 heterocycles. The molecule has 0 saturated carbocycles. The molecule has 0 atom stereocenters. The molecule has 0 bridgehead atoms. The summed E-state index contributed by atoms with van der Waals surface area (Å²) in [5.74, 6) is -3.40. The topological polar surface area (TPSA) is 107 Å². The molecule has 0 amide bonds. The maximum atomic E-state index is 12.8. The number of aromatic hydroxyl groups is 1. The van der Waals surface area contributed by atoms with Gasteiger partial charge in [-0.1, -0.05) is 6.07 Å². The Balaban J connectivity index is 2.28. The van der Waals surface area contributed by atoms with E-state index >= 15 is 0 Å². The first-order valence-electron chi connectivity index (χ1n) is 6.69. The lowest BCUT2D eigenvalue weighted by atomic mass is 10.00. The van der Waals surface area contributed by atoms with Gasteiger partial charge in [0.1, 0.15) is 16.8 Å². The SMILES string of the molecule is N#Cc1cc(-c2ccc(C(=O)O)c(O)c2)c2oc(C(F)(F)F)nc2c1. The minimum atomic E-state index is -4.81. The third-order valence-electron chi connectivity index (χ3n) is 3.40. The first-order valence-corrected chi connectivity index (χ1v) is 6.69. The summed E-state index contributed by atoms with van der Waals surface area (Å²) in [4.78, 5) is 14.3. The second kappa shape index (κ2) is 5.52. The Morgan fingerprint density at radius 3 is 2.52 bits per heavy atom. The van der Waals surface area contributed by atoms with E-state index in [1.807, 2.05) is 0 Å². The molecule has 0 radical (unpaired) electrons. The Morgan fingerprint density at radius 1 is 1.24 bits per heavy atom. The first kappa shape index (κ1) is 16.3. The third kappa shape index (κ3) is 2.85. The van der Waals surface area contributed by atoms with Crippen LogP contribution in [0.2, 0.25) is 0 Å². The number of carboxylic acids is 1. The van der Waals surface area contributed by atoms with E-state index in [4.69, 9.17) is 14.8 Å². The number of aromatic carboxylic acids is 1. The molecular weight excluding hydrogens is 341 g/mol. The second-order valence-electron chi connectivity index (χ2n) is 5.04. The number of rotatable bonds is 2. The van der Waals surface area contributed by atoms with Crippen molar-refractivity contribution in [3.8, 4) is 22.9 Å². The van der Waals surface area contributed by atoms with Crippen LogP contribution in [0.15, 0.2) is 34.7 Å². The summed E-state index contributed by atoms with van der Waals surface area (Å²) in [5, 5.41) is 27.8. The highest BCUT2D eigenvalue weighted by atomic mass is 19.4. The molecule has 2 N–H and O–H groups in total. The smallest absolute Gasteiger partial charge is 0.468 e. The number of carboxylic acid groups (broad SMARTS) is 1. The van der Waals surface area contributed by atoms with Crippen LogP contribution in [-0.2, 0) is 6.18 Å².